The van der Waals surface area contributed by atoms with Gasteiger partial charge in [0.1, 0.15) is 17.4 Å². The fourth-order valence-corrected chi connectivity index (χ4v) is 6.61. The van der Waals surface area contributed by atoms with Crippen molar-refractivity contribution in [2.75, 3.05) is 0 Å². The van der Waals surface area contributed by atoms with E-state index in [1.54, 1.807) is 6.20 Å². The van der Waals surface area contributed by atoms with Crippen molar-refractivity contribution in [2.24, 2.45) is 0 Å². The van der Waals surface area contributed by atoms with E-state index in [4.69, 9.17) is 9.47 Å². The van der Waals surface area contributed by atoms with Crippen molar-refractivity contribution in [3.05, 3.63) is 94.4 Å². The molecular formula is C27H30NO3SSi. The highest BCUT2D eigenvalue weighted by atomic mass is 32.1. The lowest BCUT2D eigenvalue weighted by atomic mass is 9.94. The molecule has 3 aromatic carbocycles. The van der Waals surface area contributed by atoms with Crippen molar-refractivity contribution in [1.82, 2.24) is 4.98 Å². The zero-order valence-electron chi connectivity index (χ0n) is 19.5. The van der Waals surface area contributed by atoms with E-state index < -0.39 is 14.4 Å². The first-order valence-electron chi connectivity index (χ1n) is 11.2. The molecule has 1 radical (unpaired) electrons. The van der Waals surface area contributed by atoms with E-state index >= 15 is 0 Å². The number of nitrogens with zero attached hydrogens (tertiary/aromatic N) is 1. The van der Waals surface area contributed by atoms with Crippen molar-refractivity contribution >= 4 is 30.9 Å². The van der Waals surface area contributed by atoms with Crippen LogP contribution in [0.25, 0.3) is 10.8 Å². The van der Waals surface area contributed by atoms with E-state index in [1.807, 2.05) is 55.6 Å². The Kier molecular flexibility index (Phi) is 7.29. The number of hydrogen-bond acceptors (Lipinski definition) is 5. The molecule has 2 unspecified atom stereocenters. The van der Waals surface area contributed by atoms with Crippen LogP contribution in [0.5, 0.6) is 5.75 Å². The molecule has 0 bridgehead atoms. The standard InChI is InChI=1S/C27H30NO3SSi/c1-19(2)31-26(33(3)4)27(29,25-28-14-15-32-25)23-10-7-11-24(17-23)30-18-20-12-13-21-8-5-6-9-22(21)16-20/h5-17,19,26,29H,18H2,1-4H3. The molecule has 1 N–H and O–H groups in total. The highest BCUT2D eigenvalue weighted by Gasteiger charge is 2.46. The Hall–Kier alpha value is -2.51. The van der Waals surface area contributed by atoms with E-state index in [0.29, 0.717) is 17.4 Å². The maximum Gasteiger partial charge on any atom is 0.164 e. The number of aromatic nitrogens is 1. The highest BCUT2D eigenvalue weighted by molar-refractivity contribution is 7.09. The molecular weight excluding hydrogens is 446 g/mol. The second kappa shape index (κ2) is 10.2. The summed E-state index contributed by atoms with van der Waals surface area (Å²) in [5.74, 6) is 0.708. The number of thiazole rings is 1. The second-order valence-electron chi connectivity index (χ2n) is 8.74. The van der Waals surface area contributed by atoms with Gasteiger partial charge in [-0.15, -0.1) is 11.3 Å². The van der Waals surface area contributed by atoms with Gasteiger partial charge in [0.25, 0.3) is 0 Å². The zero-order valence-corrected chi connectivity index (χ0v) is 21.3. The van der Waals surface area contributed by atoms with E-state index in [-0.39, 0.29) is 11.8 Å². The summed E-state index contributed by atoms with van der Waals surface area (Å²) in [6.45, 7) is 8.78. The molecule has 0 saturated carbocycles. The van der Waals surface area contributed by atoms with Crippen LogP contribution in [0.4, 0.5) is 0 Å². The van der Waals surface area contributed by atoms with Gasteiger partial charge in [0.05, 0.1) is 20.6 Å². The lowest BCUT2D eigenvalue weighted by Crippen LogP contribution is -2.50. The van der Waals surface area contributed by atoms with Gasteiger partial charge in [-0.2, -0.15) is 0 Å². The zero-order chi connectivity index (χ0) is 23.4. The van der Waals surface area contributed by atoms with Crippen molar-refractivity contribution in [3.63, 3.8) is 0 Å². The van der Waals surface area contributed by atoms with Crippen LogP contribution in [0, 0.1) is 0 Å². The average molecular weight is 477 g/mol. The minimum Gasteiger partial charge on any atom is -0.489 e. The number of ether oxygens (including phenoxy) is 2. The Labute approximate surface area is 201 Å². The van der Waals surface area contributed by atoms with Crippen LogP contribution in [0.15, 0.2) is 78.3 Å². The van der Waals surface area contributed by atoms with Gasteiger partial charge in [0.15, 0.2) is 5.60 Å². The largest absolute Gasteiger partial charge is 0.489 e. The van der Waals surface area contributed by atoms with Crippen LogP contribution in [0.3, 0.4) is 0 Å². The van der Waals surface area contributed by atoms with Crippen LogP contribution in [0.2, 0.25) is 13.1 Å². The average Bonchev–Trinajstić information content (AvgIpc) is 3.36. The first-order chi connectivity index (χ1) is 15.9. The summed E-state index contributed by atoms with van der Waals surface area (Å²) in [5, 5.41) is 17.1. The molecule has 1 heterocycles. The lowest BCUT2D eigenvalue weighted by Gasteiger charge is -2.38. The monoisotopic (exact) mass is 476 g/mol. The van der Waals surface area contributed by atoms with E-state index in [2.05, 4.69) is 48.4 Å². The Morgan fingerprint density at radius 2 is 1.79 bits per heavy atom. The van der Waals surface area contributed by atoms with Gasteiger partial charge in [0, 0.05) is 11.6 Å². The maximum atomic E-state index is 12.1. The van der Waals surface area contributed by atoms with Gasteiger partial charge in [-0.25, -0.2) is 4.98 Å². The molecule has 4 nitrogen and oxygen atoms in total. The smallest absolute Gasteiger partial charge is 0.164 e. The molecule has 0 amide bonds. The van der Waals surface area contributed by atoms with Crippen LogP contribution < -0.4 is 4.74 Å². The van der Waals surface area contributed by atoms with Gasteiger partial charge in [-0.3, -0.25) is 0 Å². The second-order valence-corrected chi connectivity index (χ2v) is 12.3. The molecule has 4 aromatic rings. The third kappa shape index (κ3) is 5.19. The predicted molar refractivity (Wildman–Crippen MR) is 137 cm³/mol. The fourth-order valence-electron chi connectivity index (χ4n) is 4.04. The first kappa shape index (κ1) is 23.6. The minimum atomic E-state index is -1.33. The van der Waals surface area contributed by atoms with E-state index in [0.717, 1.165) is 11.1 Å². The van der Waals surface area contributed by atoms with Gasteiger partial charge in [-0.05, 0) is 53.9 Å². The molecule has 0 aliphatic carbocycles. The fraction of sp³-hybridized carbons (Fsp3) is 0.296. The van der Waals surface area contributed by atoms with Gasteiger partial charge >= 0.3 is 0 Å². The molecule has 2 atom stereocenters. The SMILES string of the molecule is CC(C)OC([Si](C)C)C(O)(c1cccc(OCc2ccc3ccccc3c2)c1)c1nccs1. The van der Waals surface area contributed by atoms with Gasteiger partial charge < -0.3 is 14.6 Å². The summed E-state index contributed by atoms with van der Waals surface area (Å²) in [5.41, 5.74) is 0.149. The number of fused-ring (bicyclic) bond motifs is 1. The molecule has 171 valence electrons. The molecule has 0 spiro atoms. The highest BCUT2D eigenvalue weighted by Crippen LogP contribution is 2.39. The van der Waals surface area contributed by atoms with Crippen molar-refractivity contribution in [1.29, 1.82) is 0 Å². The Morgan fingerprint density at radius 3 is 2.48 bits per heavy atom. The molecule has 0 fully saturated rings. The summed E-state index contributed by atoms with van der Waals surface area (Å²) in [6, 6.07) is 22.4. The topological polar surface area (TPSA) is 51.6 Å². The molecule has 4 rings (SSSR count). The summed E-state index contributed by atoms with van der Waals surface area (Å²) in [4.78, 5) is 4.49. The van der Waals surface area contributed by atoms with Crippen LogP contribution in [0.1, 0.15) is 30.0 Å². The maximum absolute atomic E-state index is 12.1. The number of rotatable bonds is 9. The summed E-state index contributed by atoms with van der Waals surface area (Å²) in [6.07, 6.45) is 1.73. The van der Waals surface area contributed by atoms with Crippen molar-refractivity contribution < 1.29 is 14.6 Å². The molecule has 1 aromatic heterocycles. The third-order valence-electron chi connectivity index (χ3n) is 5.56. The first-order valence-corrected chi connectivity index (χ1v) is 14.6. The van der Waals surface area contributed by atoms with Crippen molar-refractivity contribution in [3.8, 4) is 5.75 Å². The molecule has 0 aliphatic heterocycles. The lowest BCUT2D eigenvalue weighted by molar-refractivity contribution is -0.0729. The van der Waals surface area contributed by atoms with Crippen molar-refractivity contribution in [2.45, 2.75) is 51.0 Å². The Balaban J connectivity index is 1.64. The Bertz CT molecular complexity index is 1190. The van der Waals surface area contributed by atoms with Gasteiger partial charge in [-0.1, -0.05) is 61.6 Å². The van der Waals surface area contributed by atoms with E-state index in [9.17, 15) is 5.11 Å². The van der Waals surface area contributed by atoms with Crippen LogP contribution >= 0.6 is 11.3 Å². The Morgan fingerprint density at radius 1 is 1.00 bits per heavy atom. The van der Waals surface area contributed by atoms with E-state index in [1.165, 1.54) is 22.1 Å². The quantitative estimate of drug-likeness (QED) is 0.292. The summed E-state index contributed by atoms with van der Waals surface area (Å²) >= 11 is 1.45. The van der Waals surface area contributed by atoms with Crippen LogP contribution in [-0.2, 0) is 16.9 Å². The molecule has 0 aliphatic rings. The van der Waals surface area contributed by atoms with Gasteiger partial charge in [0.2, 0.25) is 0 Å². The normalized spacial score (nSPS) is 14.5. The van der Waals surface area contributed by atoms with Crippen LogP contribution in [-0.4, -0.2) is 30.7 Å². The molecule has 33 heavy (non-hydrogen) atoms. The predicted octanol–water partition coefficient (Wildman–Crippen LogP) is 6.20. The molecule has 0 saturated heterocycles. The minimum absolute atomic E-state index is 0.00581. The number of hydrogen-bond donors (Lipinski definition) is 1. The summed E-state index contributed by atoms with van der Waals surface area (Å²) in [7, 11) is -1.03. The number of benzene rings is 3. The summed E-state index contributed by atoms with van der Waals surface area (Å²) < 4.78 is 12.4. The molecule has 6 heteroatoms. The number of aliphatic hydroxyl groups is 1. The third-order valence-corrected chi connectivity index (χ3v) is 8.06.